The molecule has 1 aromatic heterocycles. The highest BCUT2D eigenvalue weighted by molar-refractivity contribution is 6.04. The highest BCUT2D eigenvalue weighted by Gasteiger charge is 2.15. The first-order valence-corrected chi connectivity index (χ1v) is 7.46. The van der Waals surface area contributed by atoms with E-state index in [9.17, 15) is 4.79 Å². The Bertz CT molecular complexity index is 642. The van der Waals surface area contributed by atoms with Crippen molar-refractivity contribution < 1.29 is 14.3 Å². The van der Waals surface area contributed by atoms with Crippen LogP contribution in [0.15, 0.2) is 42.6 Å². The first-order chi connectivity index (χ1) is 11.1. The number of nitrogens with zero attached hydrogens (tertiary/aromatic N) is 1. The Hall–Kier alpha value is -2.60. The van der Waals surface area contributed by atoms with Gasteiger partial charge in [-0.25, -0.2) is 4.98 Å². The Kier molecular flexibility index (Phi) is 5.94. The number of ether oxygens (including phenoxy) is 2. The Morgan fingerprint density at radius 2 is 2.00 bits per heavy atom. The van der Waals surface area contributed by atoms with E-state index < -0.39 is 0 Å². The fourth-order valence-electron chi connectivity index (χ4n) is 1.91. The van der Waals surface area contributed by atoms with Crippen molar-refractivity contribution in [1.82, 2.24) is 4.98 Å². The van der Waals surface area contributed by atoms with Crippen molar-refractivity contribution in [3.8, 4) is 11.5 Å². The molecule has 0 saturated heterocycles. The molecule has 0 unspecified atom stereocenters. The normalized spacial score (nSPS) is 10.4. The van der Waals surface area contributed by atoms with Gasteiger partial charge >= 0.3 is 0 Å². The summed E-state index contributed by atoms with van der Waals surface area (Å²) in [5, 5.41) is 2.79. The monoisotopic (exact) mass is 315 g/mol. The van der Waals surface area contributed by atoms with E-state index in [0.29, 0.717) is 30.3 Å². The molecule has 0 radical (unpaired) electrons. The lowest BCUT2D eigenvalue weighted by Crippen LogP contribution is -2.17. The molecule has 0 spiro atoms. The van der Waals surface area contributed by atoms with Crippen LogP contribution in [0.3, 0.4) is 0 Å². The number of carbonyl (C=O) groups is 1. The summed E-state index contributed by atoms with van der Waals surface area (Å²) in [4.78, 5) is 16.5. The van der Waals surface area contributed by atoms with E-state index in [0.717, 1.165) is 0 Å². The molecule has 0 aliphatic carbocycles. The highest BCUT2D eigenvalue weighted by atomic mass is 16.5. The van der Waals surface area contributed by atoms with Crippen molar-refractivity contribution in [1.29, 1.82) is 0 Å². The molecule has 0 bridgehead atoms. The summed E-state index contributed by atoms with van der Waals surface area (Å²) in [6.45, 7) is 4.70. The molecule has 2 aromatic rings. The lowest BCUT2D eigenvalue weighted by molar-refractivity contribution is 0.101. The van der Waals surface area contributed by atoms with E-state index in [2.05, 4.69) is 10.3 Å². The summed E-state index contributed by atoms with van der Waals surface area (Å²) < 4.78 is 11.0. The fraction of sp³-hybridized carbons (Fsp3) is 0.294. The van der Waals surface area contributed by atoms with Gasteiger partial charge in [0.1, 0.15) is 12.4 Å². The van der Waals surface area contributed by atoms with Crippen LogP contribution in [0.25, 0.3) is 0 Å². The third kappa shape index (κ3) is 4.96. The van der Waals surface area contributed by atoms with Crippen LogP contribution in [0.4, 0.5) is 5.69 Å². The lowest BCUT2D eigenvalue weighted by atomic mass is 10.2. The minimum Gasteiger partial charge on any atom is -0.492 e. The van der Waals surface area contributed by atoms with Gasteiger partial charge in [-0.15, -0.1) is 0 Å². The molecule has 1 amide bonds. The number of hydrogen-bond donors (Lipinski definition) is 2. The van der Waals surface area contributed by atoms with Crippen molar-refractivity contribution in [3.05, 3.63) is 48.3 Å². The number of carbonyl (C=O) groups excluding carboxylic acids is 1. The van der Waals surface area contributed by atoms with Gasteiger partial charge in [-0.2, -0.15) is 0 Å². The number of hydrogen-bond acceptors (Lipinski definition) is 5. The van der Waals surface area contributed by atoms with Gasteiger partial charge < -0.3 is 20.5 Å². The lowest BCUT2D eigenvalue weighted by Gasteiger charge is -2.13. The van der Waals surface area contributed by atoms with Gasteiger partial charge in [-0.3, -0.25) is 4.79 Å². The maximum Gasteiger partial charge on any atom is 0.278 e. The molecular weight excluding hydrogens is 294 g/mol. The van der Waals surface area contributed by atoms with Crippen molar-refractivity contribution in [2.45, 2.75) is 20.0 Å². The Morgan fingerprint density at radius 1 is 1.26 bits per heavy atom. The van der Waals surface area contributed by atoms with Crippen LogP contribution >= 0.6 is 0 Å². The zero-order chi connectivity index (χ0) is 16.7. The number of benzene rings is 1. The summed E-state index contributed by atoms with van der Waals surface area (Å²) in [6, 6.07) is 10.5. The van der Waals surface area contributed by atoms with Crippen molar-refractivity contribution in [2.75, 3.05) is 18.5 Å². The number of nitrogens with two attached hydrogens (primary N) is 1. The Labute approximate surface area is 135 Å². The van der Waals surface area contributed by atoms with Gasteiger partial charge in [0, 0.05) is 18.4 Å². The van der Waals surface area contributed by atoms with E-state index >= 15 is 0 Å². The van der Waals surface area contributed by atoms with E-state index in [4.69, 9.17) is 15.2 Å². The molecule has 23 heavy (non-hydrogen) atoms. The van der Waals surface area contributed by atoms with Crippen LogP contribution in [0.2, 0.25) is 0 Å². The SMILES string of the molecule is CC(C)Oc1cccnc1C(=O)Nc1ccc(OCCN)cc1. The summed E-state index contributed by atoms with van der Waals surface area (Å²) >= 11 is 0. The topological polar surface area (TPSA) is 86.5 Å². The molecule has 6 nitrogen and oxygen atoms in total. The predicted molar refractivity (Wildman–Crippen MR) is 88.9 cm³/mol. The summed E-state index contributed by atoms with van der Waals surface area (Å²) in [6.07, 6.45) is 1.52. The summed E-state index contributed by atoms with van der Waals surface area (Å²) in [5.41, 5.74) is 6.29. The molecular formula is C17H21N3O3. The standard InChI is InChI=1S/C17H21N3O3/c1-12(2)23-15-4-3-10-19-16(15)17(21)20-13-5-7-14(8-6-13)22-11-9-18/h3-8,10,12H,9,11,18H2,1-2H3,(H,20,21). The molecule has 2 rings (SSSR count). The minimum atomic E-state index is -0.322. The molecule has 1 heterocycles. The third-order valence-electron chi connectivity index (χ3n) is 2.85. The average molecular weight is 315 g/mol. The van der Waals surface area contributed by atoms with E-state index in [1.165, 1.54) is 0 Å². The first kappa shape index (κ1) is 16.8. The van der Waals surface area contributed by atoms with Gasteiger partial charge in [0.25, 0.3) is 5.91 Å². The Morgan fingerprint density at radius 3 is 2.65 bits per heavy atom. The van der Waals surface area contributed by atoms with Crippen LogP contribution < -0.4 is 20.5 Å². The minimum absolute atomic E-state index is 0.0373. The van der Waals surface area contributed by atoms with Crippen LogP contribution in [0, 0.1) is 0 Å². The number of aromatic nitrogens is 1. The predicted octanol–water partition coefficient (Wildman–Crippen LogP) is 2.46. The first-order valence-electron chi connectivity index (χ1n) is 7.46. The summed E-state index contributed by atoms with van der Waals surface area (Å²) in [5.74, 6) is 0.842. The largest absolute Gasteiger partial charge is 0.492 e. The van der Waals surface area contributed by atoms with Crippen LogP contribution in [0.5, 0.6) is 11.5 Å². The molecule has 0 fully saturated rings. The molecule has 3 N–H and O–H groups in total. The molecule has 0 saturated carbocycles. The molecule has 6 heteroatoms. The average Bonchev–Trinajstić information content (AvgIpc) is 2.54. The molecule has 0 aliphatic heterocycles. The fourth-order valence-corrected chi connectivity index (χ4v) is 1.91. The van der Waals surface area contributed by atoms with Crippen molar-refractivity contribution in [3.63, 3.8) is 0 Å². The van der Waals surface area contributed by atoms with Gasteiger partial charge in [0.2, 0.25) is 0 Å². The molecule has 0 atom stereocenters. The van der Waals surface area contributed by atoms with Crippen LogP contribution in [0.1, 0.15) is 24.3 Å². The van der Waals surface area contributed by atoms with Crippen LogP contribution in [-0.4, -0.2) is 30.1 Å². The molecule has 0 aliphatic rings. The zero-order valence-electron chi connectivity index (χ0n) is 13.3. The molecule has 122 valence electrons. The van der Waals surface area contributed by atoms with E-state index in [1.54, 1.807) is 42.6 Å². The third-order valence-corrected chi connectivity index (χ3v) is 2.85. The van der Waals surface area contributed by atoms with Crippen molar-refractivity contribution >= 4 is 11.6 Å². The van der Waals surface area contributed by atoms with Gasteiger partial charge in [-0.05, 0) is 50.2 Å². The second kappa shape index (κ2) is 8.14. The molecule has 1 aromatic carbocycles. The number of nitrogens with one attached hydrogen (secondary N) is 1. The van der Waals surface area contributed by atoms with Gasteiger partial charge in [0.05, 0.1) is 6.10 Å². The number of amides is 1. The van der Waals surface area contributed by atoms with Crippen LogP contribution in [-0.2, 0) is 0 Å². The van der Waals surface area contributed by atoms with E-state index in [1.807, 2.05) is 13.8 Å². The quantitative estimate of drug-likeness (QED) is 0.819. The second-order valence-electron chi connectivity index (χ2n) is 5.13. The van der Waals surface area contributed by atoms with Crippen molar-refractivity contribution in [2.24, 2.45) is 5.73 Å². The maximum absolute atomic E-state index is 12.4. The van der Waals surface area contributed by atoms with Gasteiger partial charge in [-0.1, -0.05) is 0 Å². The number of anilines is 1. The Balaban J connectivity index is 2.07. The summed E-state index contributed by atoms with van der Waals surface area (Å²) in [7, 11) is 0. The smallest absolute Gasteiger partial charge is 0.278 e. The highest BCUT2D eigenvalue weighted by Crippen LogP contribution is 2.20. The zero-order valence-corrected chi connectivity index (χ0v) is 13.3. The number of rotatable bonds is 7. The van der Waals surface area contributed by atoms with E-state index in [-0.39, 0.29) is 17.7 Å². The second-order valence-corrected chi connectivity index (χ2v) is 5.13. The maximum atomic E-state index is 12.4. The van der Waals surface area contributed by atoms with Gasteiger partial charge in [0.15, 0.2) is 11.4 Å². The number of pyridine rings is 1.